The Morgan fingerprint density at radius 1 is 0.903 bits per heavy atom. The van der Waals surface area contributed by atoms with E-state index in [4.69, 9.17) is 0 Å². The highest BCUT2D eigenvalue weighted by Crippen LogP contribution is 2.24. The molecule has 2 aromatic rings. The molecule has 0 bridgehead atoms. The molecule has 1 aromatic carbocycles. The molecule has 8 nitrogen and oxygen atoms in total. The van der Waals surface area contributed by atoms with Crippen molar-refractivity contribution in [1.82, 2.24) is 18.5 Å². The summed E-state index contributed by atoms with van der Waals surface area (Å²) >= 11 is 0. The summed E-state index contributed by atoms with van der Waals surface area (Å²) in [7, 11) is -3.65. The van der Waals surface area contributed by atoms with E-state index in [1.54, 1.807) is 18.5 Å². The van der Waals surface area contributed by atoms with Crippen molar-refractivity contribution in [3.8, 4) is 0 Å². The Labute approximate surface area is 185 Å². The quantitative estimate of drug-likeness (QED) is 0.562. The molecule has 1 aromatic heterocycles. The van der Waals surface area contributed by atoms with Crippen LogP contribution in [0.3, 0.4) is 0 Å². The van der Waals surface area contributed by atoms with Crippen LogP contribution in [-0.4, -0.2) is 75.6 Å². The number of hydrogen-bond acceptors (Lipinski definition) is 6. The molecule has 0 atom stereocenters. The van der Waals surface area contributed by atoms with Crippen molar-refractivity contribution in [3.05, 3.63) is 54.4 Å². The average molecular weight is 467 g/mol. The maximum atomic E-state index is 13.3. The van der Waals surface area contributed by atoms with Gasteiger partial charge in [0, 0.05) is 45.1 Å². The topological polar surface area (TPSA) is 90.9 Å². The Kier molecular flexibility index (Phi) is 7.82. The largest absolute Gasteiger partial charge is 0.308 e. The number of aromatic nitrogens is 1. The van der Waals surface area contributed by atoms with Gasteiger partial charge in [0.15, 0.2) is 0 Å². The Bertz CT molecular complexity index is 1050. The number of nitrogens with zero attached hydrogens (tertiary/aromatic N) is 4. The van der Waals surface area contributed by atoms with E-state index < -0.39 is 20.0 Å². The maximum absolute atomic E-state index is 13.3. The molecule has 1 aliphatic rings. The van der Waals surface area contributed by atoms with Crippen LogP contribution in [0.25, 0.3) is 0 Å². The number of piperidine rings is 1. The highest BCUT2D eigenvalue weighted by atomic mass is 32.2. The zero-order valence-electron chi connectivity index (χ0n) is 18.0. The smallest absolute Gasteiger partial charge is 0.243 e. The first-order valence-corrected chi connectivity index (χ1v) is 13.2. The predicted octanol–water partition coefficient (Wildman–Crippen LogP) is 2.01. The van der Waals surface area contributed by atoms with Crippen LogP contribution < -0.4 is 0 Å². The Hall–Kier alpha value is -1.85. The van der Waals surface area contributed by atoms with Crippen molar-refractivity contribution in [1.29, 1.82) is 0 Å². The third-order valence-corrected chi connectivity index (χ3v) is 9.06. The summed E-state index contributed by atoms with van der Waals surface area (Å²) < 4.78 is 55.3. The molecule has 170 valence electrons. The fraction of sp³-hybridized carbons (Fsp3) is 0.476. The minimum Gasteiger partial charge on any atom is -0.308 e. The monoisotopic (exact) mass is 466 g/mol. The van der Waals surface area contributed by atoms with E-state index >= 15 is 0 Å². The lowest BCUT2D eigenvalue weighted by Gasteiger charge is -2.26. The van der Waals surface area contributed by atoms with Gasteiger partial charge in [0.1, 0.15) is 0 Å². The van der Waals surface area contributed by atoms with Gasteiger partial charge in [0.2, 0.25) is 20.0 Å². The molecule has 0 saturated carbocycles. The molecule has 0 N–H and O–H groups in total. The minimum atomic E-state index is -3.81. The number of likely N-dealkylation sites (N-methyl/N-ethyl adjacent to an activating group) is 1. The van der Waals surface area contributed by atoms with Crippen LogP contribution >= 0.6 is 0 Å². The lowest BCUT2D eigenvalue weighted by Crippen LogP contribution is -2.36. The first-order valence-electron chi connectivity index (χ1n) is 10.4. The van der Waals surface area contributed by atoms with Gasteiger partial charge in [0.25, 0.3) is 0 Å². The van der Waals surface area contributed by atoms with Crippen LogP contribution in [0.5, 0.6) is 0 Å². The van der Waals surface area contributed by atoms with Crippen LogP contribution in [-0.2, 0) is 26.6 Å². The molecule has 1 aliphatic heterocycles. The van der Waals surface area contributed by atoms with Crippen LogP contribution in [0.15, 0.2) is 58.6 Å². The third kappa shape index (κ3) is 5.89. The molecule has 31 heavy (non-hydrogen) atoms. The Balaban J connectivity index is 1.85. The van der Waals surface area contributed by atoms with Crippen LogP contribution in [0.4, 0.5) is 0 Å². The van der Waals surface area contributed by atoms with Gasteiger partial charge in [-0.1, -0.05) is 12.5 Å². The van der Waals surface area contributed by atoms with Gasteiger partial charge in [-0.2, -0.15) is 8.61 Å². The summed E-state index contributed by atoms with van der Waals surface area (Å²) in [5.41, 5.74) is 0.786. The zero-order chi connectivity index (χ0) is 22.5. The highest BCUT2D eigenvalue weighted by molar-refractivity contribution is 7.89. The molecular formula is C21H30N4O4S2. The minimum absolute atomic E-state index is 0.0766. The summed E-state index contributed by atoms with van der Waals surface area (Å²) in [4.78, 5) is 6.19. The van der Waals surface area contributed by atoms with E-state index in [0.717, 1.165) is 24.8 Å². The summed E-state index contributed by atoms with van der Waals surface area (Å²) in [6.45, 7) is 2.06. The van der Waals surface area contributed by atoms with Gasteiger partial charge >= 0.3 is 0 Å². The fourth-order valence-corrected chi connectivity index (χ4v) is 6.41. The second kappa shape index (κ2) is 10.2. The molecule has 0 spiro atoms. The lowest BCUT2D eigenvalue weighted by atomic mass is 10.2. The molecular weight excluding hydrogens is 436 g/mol. The molecule has 1 fully saturated rings. The SMILES string of the molecule is CN(C)CCN(Cc1cccnc1)S(=O)(=O)c1ccc(S(=O)(=O)N2CCCCC2)cc1. The summed E-state index contributed by atoms with van der Waals surface area (Å²) in [6, 6.07) is 9.16. The Morgan fingerprint density at radius 2 is 1.55 bits per heavy atom. The summed E-state index contributed by atoms with van der Waals surface area (Å²) in [5, 5.41) is 0. The summed E-state index contributed by atoms with van der Waals surface area (Å²) in [5.74, 6) is 0. The Morgan fingerprint density at radius 3 is 2.13 bits per heavy atom. The lowest BCUT2D eigenvalue weighted by molar-refractivity contribution is 0.329. The normalized spacial score (nSPS) is 16.1. The molecule has 2 heterocycles. The molecule has 0 aliphatic carbocycles. The van der Waals surface area contributed by atoms with E-state index in [2.05, 4.69) is 4.98 Å². The van der Waals surface area contributed by atoms with Gasteiger partial charge < -0.3 is 4.90 Å². The van der Waals surface area contributed by atoms with Crippen LogP contribution in [0.2, 0.25) is 0 Å². The highest BCUT2D eigenvalue weighted by Gasteiger charge is 2.28. The fourth-order valence-electron chi connectivity index (χ4n) is 3.48. The molecule has 0 radical (unpaired) electrons. The predicted molar refractivity (Wildman–Crippen MR) is 119 cm³/mol. The van der Waals surface area contributed by atoms with Gasteiger partial charge in [0.05, 0.1) is 9.79 Å². The van der Waals surface area contributed by atoms with E-state index in [0.29, 0.717) is 26.2 Å². The number of sulfonamides is 2. The van der Waals surface area contributed by atoms with Crippen molar-refractivity contribution < 1.29 is 16.8 Å². The standard InChI is InChI=1S/C21H30N4O4S2/c1-23(2)15-16-25(18-19-7-6-12-22-17-19)31(28,29)21-10-8-20(9-11-21)30(26,27)24-13-4-3-5-14-24/h6-12,17H,3-5,13-16,18H2,1-2H3. The first-order chi connectivity index (χ1) is 14.7. The van der Waals surface area contributed by atoms with E-state index in [9.17, 15) is 16.8 Å². The number of pyridine rings is 1. The number of hydrogen-bond donors (Lipinski definition) is 0. The average Bonchev–Trinajstić information content (AvgIpc) is 2.77. The van der Waals surface area contributed by atoms with Gasteiger partial charge in [-0.15, -0.1) is 0 Å². The van der Waals surface area contributed by atoms with Crippen molar-refractivity contribution in [2.75, 3.05) is 40.3 Å². The van der Waals surface area contributed by atoms with Crippen molar-refractivity contribution in [3.63, 3.8) is 0 Å². The van der Waals surface area contributed by atoms with E-state index in [1.165, 1.54) is 32.9 Å². The van der Waals surface area contributed by atoms with Gasteiger partial charge in [-0.3, -0.25) is 4.98 Å². The van der Waals surface area contributed by atoms with Crippen LogP contribution in [0, 0.1) is 0 Å². The molecule has 1 saturated heterocycles. The zero-order valence-corrected chi connectivity index (χ0v) is 19.6. The number of benzene rings is 1. The summed E-state index contributed by atoms with van der Waals surface area (Å²) in [6.07, 6.45) is 6.01. The molecule has 3 rings (SSSR count). The van der Waals surface area contributed by atoms with Crippen LogP contribution in [0.1, 0.15) is 24.8 Å². The third-order valence-electron chi connectivity index (χ3n) is 5.29. The molecule has 10 heteroatoms. The first kappa shape index (κ1) is 23.8. The second-order valence-electron chi connectivity index (χ2n) is 7.94. The van der Waals surface area contributed by atoms with Gasteiger partial charge in [-0.25, -0.2) is 16.8 Å². The maximum Gasteiger partial charge on any atom is 0.243 e. The molecule has 0 amide bonds. The van der Waals surface area contributed by atoms with Crippen molar-refractivity contribution in [2.24, 2.45) is 0 Å². The van der Waals surface area contributed by atoms with E-state index in [-0.39, 0.29) is 16.3 Å². The number of rotatable bonds is 9. The van der Waals surface area contributed by atoms with Crippen molar-refractivity contribution in [2.45, 2.75) is 35.6 Å². The van der Waals surface area contributed by atoms with E-state index in [1.807, 2.05) is 25.1 Å². The van der Waals surface area contributed by atoms with Crippen molar-refractivity contribution >= 4 is 20.0 Å². The van der Waals surface area contributed by atoms with Gasteiger partial charge in [-0.05, 0) is 62.8 Å². The molecule has 0 unspecified atom stereocenters. The second-order valence-corrected chi connectivity index (χ2v) is 11.8.